The molecule has 0 atom stereocenters. The fourth-order valence-electron chi connectivity index (χ4n) is 2.25. The second-order valence-corrected chi connectivity index (χ2v) is 6.00. The van der Waals surface area contributed by atoms with Gasteiger partial charge in [-0.1, -0.05) is 11.3 Å². The zero-order valence-corrected chi connectivity index (χ0v) is 14.6. The predicted molar refractivity (Wildman–Crippen MR) is 98.5 cm³/mol. The summed E-state index contributed by atoms with van der Waals surface area (Å²) in [6.45, 7) is 0. The van der Waals surface area contributed by atoms with Gasteiger partial charge in [0.15, 0.2) is 11.5 Å². The van der Waals surface area contributed by atoms with Gasteiger partial charge in [0, 0.05) is 10.6 Å². The number of anilines is 2. The van der Waals surface area contributed by atoms with Gasteiger partial charge in [0.25, 0.3) is 5.91 Å². The third kappa shape index (κ3) is 3.58. The Hall–Kier alpha value is -3.00. The molecule has 7 nitrogen and oxygen atoms in total. The van der Waals surface area contributed by atoms with Crippen LogP contribution in [0, 0.1) is 0 Å². The molecule has 0 radical (unpaired) electrons. The number of ether oxygens (including phenoxy) is 1. The molecule has 0 bridgehead atoms. The summed E-state index contributed by atoms with van der Waals surface area (Å²) < 4.78 is 6.54. The molecule has 0 aliphatic carbocycles. The minimum Gasteiger partial charge on any atom is -0.497 e. The highest BCUT2D eigenvalue weighted by Crippen LogP contribution is 2.22. The number of amides is 1. The lowest BCUT2D eigenvalue weighted by Crippen LogP contribution is -2.15. The number of hydrogen-bond acceptors (Lipinski definition) is 6. The van der Waals surface area contributed by atoms with Gasteiger partial charge in [-0.05, 0) is 48.7 Å². The fraction of sp³-hybridized carbons (Fsp3) is 0.118. The van der Waals surface area contributed by atoms with E-state index in [4.69, 9.17) is 10.5 Å². The number of aromatic nitrogens is 3. The summed E-state index contributed by atoms with van der Waals surface area (Å²) in [5.74, 6) is 0.469. The van der Waals surface area contributed by atoms with Crippen molar-refractivity contribution in [2.75, 3.05) is 24.4 Å². The van der Waals surface area contributed by atoms with E-state index >= 15 is 0 Å². The largest absolute Gasteiger partial charge is 0.497 e. The van der Waals surface area contributed by atoms with E-state index in [9.17, 15) is 4.79 Å². The van der Waals surface area contributed by atoms with Crippen LogP contribution in [0.4, 0.5) is 11.5 Å². The van der Waals surface area contributed by atoms with E-state index in [-0.39, 0.29) is 11.5 Å². The third-order valence-corrected chi connectivity index (χ3v) is 4.29. The molecule has 8 heteroatoms. The van der Waals surface area contributed by atoms with Crippen molar-refractivity contribution in [3.63, 3.8) is 0 Å². The van der Waals surface area contributed by atoms with Gasteiger partial charge < -0.3 is 15.8 Å². The molecule has 0 fully saturated rings. The normalized spacial score (nSPS) is 10.5. The van der Waals surface area contributed by atoms with E-state index in [0.29, 0.717) is 11.4 Å². The Morgan fingerprint density at radius 2 is 2.00 bits per heavy atom. The van der Waals surface area contributed by atoms with Crippen LogP contribution >= 0.6 is 11.8 Å². The van der Waals surface area contributed by atoms with Crippen molar-refractivity contribution >= 4 is 29.2 Å². The van der Waals surface area contributed by atoms with Gasteiger partial charge >= 0.3 is 0 Å². The Morgan fingerprint density at radius 3 is 2.68 bits per heavy atom. The average molecular weight is 355 g/mol. The highest BCUT2D eigenvalue weighted by molar-refractivity contribution is 7.98. The molecule has 0 unspecified atom stereocenters. The van der Waals surface area contributed by atoms with E-state index < -0.39 is 5.91 Å². The maximum absolute atomic E-state index is 12.4. The number of nitrogens with zero attached hydrogens (tertiary/aromatic N) is 3. The number of hydrogen-bond donors (Lipinski definition) is 2. The summed E-state index contributed by atoms with van der Waals surface area (Å²) in [6.07, 6.45) is 1.98. The minimum absolute atomic E-state index is 0.0744. The van der Waals surface area contributed by atoms with Crippen LogP contribution in [0.25, 0.3) is 5.69 Å². The van der Waals surface area contributed by atoms with Crippen molar-refractivity contribution in [2.24, 2.45) is 0 Å². The minimum atomic E-state index is -0.421. The molecule has 128 valence electrons. The van der Waals surface area contributed by atoms with Gasteiger partial charge in [-0.15, -0.1) is 16.9 Å². The summed E-state index contributed by atoms with van der Waals surface area (Å²) in [5.41, 5.74) is 7.52. The van der Waals surface area contributed by atoms with Gasteiger partial charge in [0.2, 0.25) is 0 Å². The highest BCUT2D eigenvalue weighted by atomic mass is 32.2. The third-order valence-electron chi connectivity index (χ3n) is 3.57. The SMILES string of the molecule is COc1ccc(NC(=O)c2nnn(-c3cccc(SC)c3)c2N)cc1. The van der Waals surface area contributed by atoms with Gasteiger partial charge in [-0.25, -0.2) is 0 Å². The number of nitrogens with one attached hydrogen (secondary N) is 1. The summed E-state index contributed by atoms with van der Waals surface area (Å²) in [6, 6.07) is 14.7. The van der Waals surface area contributed by atoms with Crippen molar-refractivity contribution in [1.29, 1.82) is 0 Å². The lowest BCUT2D eigenvalue weighted by atomic mass is 10.3. The molecule has 0 spiro atoms. The Bertz CT molecular complexity index is 892. The maximum atomic E-state index is 12.4. The Morgan fingerprint density at radius 1 is 1.24 bits per heavy atom. The highest BCUT2D eigenvalue weighted by Gasteiger charge is 2.18. The van der Waals surface area contributed by atoms with Crippen LogP contribution in [0.15, 0.2) is 53.4 Å². The van der Waals surface area contributed by atoms with E-state index in [0.717, 1.165) is 10.6 Å². The van der Waals surface area contributed by atoms with Crippen LogP contribution in [0.5, 0.6) is 5.75 Å². The summed E-state index contributed by atoms with van der Waals surface area (Å²) >= 11 is 1.61. The van der Waals surface area contributed by atoms with E-state index in [1.165, 1.54) is 4.68 Å². The van der Waals surface area contributed by atoms with E-state index in [2.05, 4.69) is 15.6 Å². The van der Waals surface area contributed by atoms with Crippen LogP contribution < -0.4 is 15.8 Å². The monoisotopic (exact) mass is 355 g/mol. The van der Waals surface area contributed by atoms with Gasteiger partial charge in [0.1, 0.15) is 5.75 Å². The van der Waals surface area contributed by atoms with Crippen molar-refractivity contribution in [3.05, 3.63) is 54.2 Å². The zero-order chi connectivity index (χ0) is 17.8. The predicted octanol–water partition coefficient (Wildman–Crippen LogP) is 2.83. The number of nitrogens with two attached hydrogens (primary N) is 1. The first-order valence-corrected chi connectivity index (χ1v) is 8.66. The van der Waals surface area contributed by atoms with Crippen molar-refractivity contribution in [3.8, 4) is 11.4 Å². The number of thioether (sulfide) groups is 1. The first-order valence-electron chi connectivity index (χ1n) is 7.43. The van der Waals surface area contributed by atoms with Crippen LogP contribution in [-0.4, -0.2) is 34.3 Å². The Kier molecular flexibility index (Phi) is 4.90. The Labute approximate surface area is 149 Å². The number of rotatable bonds is 5. The molecule has 1 aromatic heterocycles. The number of methoxy groups -OCH3 is 1. The van der Waals surface area contributed by atoms with Crippen LogP contribution in [0.3, 0.4) is 0 Å². The van der Waals surface area contributed by atoms with Crippen LogP contribution in [-0.2, 0) is 0 Å². The molecule has 3 aromatic rings. The van der Waals surface area contributed by atoms with Crippen LogP contribution in [0.1, 0.15) is 10.5 Å². The second kappa shape index (κ2) is 7.27. The smallest absolute Gasteiger partial charge is 0.280 e. The molecule has 3 N–H and O–H groups in total. The number of benzene rings is 2. The van der Waals surface area contributed by atoms with E-state index in [1.807, 2.05) is 30.5 Å². The number of carbonyl (C=O) groups is 1. The first-order chi connectivity index (χ1) is 12.1. The standard InChI is InChI=1S/C17H17N5O2S/c1-24-13-8-6-11(7-9-13)19-17(23)15-16(18)22(21-20-15)12-4-3-5-14(10-12)25-2/h3-10H,18H2,1-2H3,(H,19,23). The molecule has 0 aliphatic heterocycles. The average Bonchev–Trinajstić information content (AvgIpc) is 3.04. The van der Waals surface area contributed by atoms with Crippen molar-refractivity contribution < 1.29 is 9.53 Å². The van der Waals surface area contributed by atoms with Gasteiger partial charge in [0.05, 0.1) is 12.8 Å². The Balaban J connectivity index is 1.83. The van der Waals surface area contributed by atoms with Gasteiger partial charge in [-0.3, -0.25) is 4.79 Å². The lowest BCUT2D eigenvalue weighted by Gasteiger charge is -2.06. The number of carbonyl (C=O) groups excluding carboxylic acids is 1. The molecule has 0 saturated heterocycles. The zero-order valence-electron chi connectivity index (χ0n) is 13.8. The van der Waals surface area contributed by atoms with E-state index in [1.54, 1.807) is 43.1 Å². The summed E-state index contributed by atoms with van der Waals surface area (Å²) in [4.78, 5) is 13.5. The molecule has 25 heavy (non-hydrogen) atoms. The summed E-state index contributed by atoms with van der Waals surface area (Å²) in [7, 11) is 1.58. The first kappa shape index (κ1) is 16.8. The molecule has 3 rings (SSSR count). The van der Waals surface area contributed by atoms with Crippen molar-refractivity contribution in [2.45, 2.75) is 4.90 Å². The molecule has 2 aromatic carbocycles. The maximum Gasteiger partial charge on any atom is 0.280 e. The molecular formula is C17H17N5O2S. The number of nitrogen functional groups attached to an aromatic ring is 1. The molecular weight excluding hydrogens is 338 g/mol. The van der Waals surface area contributed by atoms with Crippen LogP contribution in [0.2, 0.25) is 0 Å². The summed E-state index contributed by atoms with van der Waals surface area (Å²) in [5, 5.41) is 10.7. The second-order valence-electron chi connectivity index (χ2n) is 5.12. The molecule has 0 aliphatic rings. The molecule has 0 saturated carbocycles. The van der Waals surface area contributed by atoms with Crippen molar-refractivity contribution in [1.82, 2.24) is 15.0 Å². The fourth-order valence-corrected chi connectivity index (χ4v) is 2.70. The molecule has 1 amide bonds. The van der Waals surface area contributed by atoms with Gasteiger partial charge in [-0.2, -0.15) is 4.68 Å². The lowest BCUT2D eigenvalue weighted by molar-refractivity contribution is 0.102. The molecule has 1 heterocycles. The topological polar surface area (TPSA) is 95.1 Å². The quantitative estimate of drug-likeness (QED) is 0.683.